The first-order valence-corrected chi connectivity index (χ1v) is 14.0. The molecule has 0 bridgehead atoms. The molecule has 2 fully saturated rings. The summed E-state index contributed by atoms with van der Waals surface area (Å²) in [6.45, 7) is 6.75. The molecule has 2 atom stereocenters. The smallest absolute Gasteiger partial charge is 0.375 e. The van der Waals surface area contributed by atoms with E-state index in [9.17, 15) is 31.5 Å². The van der Waals surface area contributed by atoms with E-state index in [0.29, 0.717) is 20.0 Å². The van der Waals surface area contributed by atoms with E-state index in [1.54, 1.807) is 31.7 Å². The molecule has 3 N–H and O–H groups in total. The number of nitrogens with zero attached hydrogens (tertiary/aromatic N) is 3. The summed E-state index contributed by atoms with van der Waals surface area (Å²) in [6.07, 6.45) is 4.24. The zero-order chi connectivity index (χ0) is 28.1. The molecule has 1 saturated carbocycles. The number of hydrogen-bond donors (Lipinski definition) is 3. The van der Waals surface area contributed by atoms with E-state index in [-0.39, 0.29) is 28.3 Å². The average molecular weight is 558 g/mol. The third-order valence-electron chi connectivity index (χ3n) is 7.25. The normalized spacial score (nSPS) is 23.1. The summed E-state index contributed by atoms with van der Waals surface area (Å²) in [6, 6.07) is -0.692. The molecule has 210 valence electrons. The number of allylic oxidation sites excluding steroid dienone is 2. The minimum absolute atomic E-state index is 0.0104. The van der Waals surface area contributed by atoms with Gasteiger partial charge in [-0.2, -0.15) is 13.2 Å². The van der Waals surface area contributed by atoms with E-state index in [2.05, 4.69) is 20.0 Å². The first-order chi connectivity index (χ1) is 17.4. The maximum atomic E-state index is 13.5. The molecule has 3 aliphatic rings. The predicted molar refractivity (Wildman–Crippen MR) is 136 cm³/mol. The molecule has 4 rings (SSSR count). The number of anilines is 1. The molecule has 38 heavy (non-hydrogen) atoms. The van der Waals surface area contributed by atoms with Crippen LogP contribution >= 0.6 is 0 Å². The Morgan fingerprint density at radius 3 is 2.32 bits per heavy atom. The van der Waals surface area contributed by atoms with Crippen LogP contribution in [0.3, 0.4) is 0 Å². The Labute approximate surface area is 220 Å². The third-order valence-corrected chi connectivity index (χ3v) is 9.12. The van der Waals surface area contributed by atoms with Crippen LogP contribution in [-0.2, 0) is 15.6 Å². The number of aromatic nitrogens is 2. The molecule has 1 spiro atoms. The Hall–Kier alpha value is -2.51. The highest BCUT2D eigenvalue weighted by atomic mass is 32.2. The van der Waals surface area contributed by atoms with Crippen LogP contribution in [0.1, 0.15) is 76.0 Å². The number of nitrogens with one attached hydrogen (secondary N) is 2. The van der Waals surface area contributed by atoms with Crippen LogP contribution in [0.5, 0.6) is 0 Å². The van der Waals surface area contributed by atoms with Gasteiger partial charge in [0.25, 0.3) is 5.91 Å². The highest BCUT2D eigenvalue weighted by Crippen LogP contribution is 2.54. The number of aliphatic hydroxyl groups is 1. The van der Waals surface area contributed by atoms with E-state index in [0.717, 1.165) is 31.9 Å². The van der Waals surface area contributed by atoms with Gasteiger partial charge in [-0.3, -0.25) is 4.79 Å². The van der Waals surface area contributed by atoms with Crippen molar-refractivity contribution in [3.63, 3.8) is 0 Å². The van der Waals surface area contributed by atoms with Crippen LogP contribution in [0, 0.1) is 5.41 Å². The van der Waals surface area contributed by atoms with E-state index in [1.807, 2.05) is 0 Å². The van der Waals surface area contributed by atoms with Crippen LogP contribution in [0.15, 0.2) is 29.3 Å². The fourth-order valence-electron chi connectivity index (χ4n) is 4.66. The zero-order valence-corrected chi connectivity index (χ0v) is 22.7. The third kappa shape index (κ3) is 6.04. The summed E-state index contributed by atoms with van der Waals surface area (Å²) in [5.41, 5.74) is -4.57. The van der Waals surface area contributed by atoms with Crippen LogP contribution in [0.25, 0.3) is 0 Å². The number of hydrogen-bond acceptors (Lipinski definition) is 7. The van der Waals surface area contributed by atoms with Gasteiger partial charge in [-0.15, -0.1) is 0 Å². The van der Waals surface area contributed by atoms with Gasteiger partial charge in [-0.25, -0.2) is 23.1 Å². The van der Waals surface area contributed by atoms with Gasteiger partial charge in [0, 0.05) is 25.0 Å². The van der Waals surface area contributed by atoms with Crippen molar-refractivity contribution < 1.29 is 31.5 Å². The van der Waals surface area contributed by atoms with Crippen molar-refractivity contribution >= 4 is 21.7 Å². The van der Waals surface area contributed by atoms with E-state index in [4.69, 9.17) is 0 Å². The van der Waals surface area contributed by atoms with Gasteiger partial charge in [-0.05, 0) is 64.9 Å². The van der Waals surface area contributed by atoms with Crippen molar-refractivity contribution in [3.8, 4) is 0 Å². The number of halogens is 3. The first kappa shape index (κ1) is 28.5. The van der Waals surface area contributed by atoms with Crippen molar-refractivity contribution in [2.75, 3.05) is 18.0 Å². The van der Waals surface area contributed by atoms with Crippen LogP contribution in [-0.4, -0.2) is 60.2 Å². The topological polar surface area (TPSA) is 125 Å². The molecule has 9 nitrogen and oxygen atoms in total. The molecule has 1 aromatic rings. The molecule has 1 amide bonds. The number of carbonyl (C=O) groups excluding carboxylic acids is 1. The van der Waals surface area contributed by atoms with Gasteiger partial charge < -0.3 is 15.3 Å². The van der Waals surface area contributed by atoms with E-state index < -0.39 is 45.0 Å². The lowest BCUT2D eigenvalue weighted by Crippen LogP contribution is -2.44. The Morgan fingerprint density at radius 2 is 1.76 bits per heavy atom. The molecule has 0 aromatic carbocycles. The second-order valence-electron chi connectivity index (χ2n) is 11.6. The summed E-state index contributed by atoms with van der Waals surface area (Å²) in [5, 5.41) is 12.9. The number of piperidine rings is 1. The lowest BCUT2D eigenvalue weighted by atomic mass is 9.93. The summed E-state index contributed by atoms with van der Waals surface area (Å²) < 4.78 is 68.7. The molecule has 2 aliphatic carbocycles. The minimum atomic E-state index is -5.00. The maximum absolute atomic E-state index is 13.5. The predicted octanol–water partition coefficient (Wildman–Crippen LogP) is 3.29. The second-order valence-corrected chi connectivity index (χ2v) is 13.4. The van der Waals surface area contributed by atoms with Gasteiger partial charge in [-0.1, -0.05) is 12.2 Å². The Balaban J connectivity index is 1.58. The number of amides is 1. The number of alkyl halides is 3. The van der Waals surface area contributed by atoms with Gasteiger partial charge in [0.15, 0.2) is 11.5 Å². The van der Waals surface area contributed by atoms with Crippen molar-refractivity contribution in [1.82, 2.24) is 20.0 Å². The molecule has 2 heterocycles. The van der Waals surface area contributed by atoms with Crippen molar-refractivity contribution in [3.05, 3.63) is 40.7 Å². The summed E-state index contributed by atoms with van der Waals surface area (Å²) in [4.78, 5) is 23.3. The van der Waals surface area contributed by atoms with E-state index >= 15 is 0 Å². The van der Waals surface area contributed by atoms with Crippen LogP contribution < -0.4 is 14.9 Å². The highest BCUT2D eigenvalue weighted by molar-refractivity contribution is 7.93. The molecule has 0 radical (unpaired) electrons. The van der Waals surface area contributed by atoms with Crippen molar-refractivity contribution in [1.29, 1.82) is 0 Å². The highest BCUT2D eigenvalue weighted by Gasteiger charge is 2.53. The molecular weight excluding hydrogens is 523 g/mol. The standard InChI is InChI=1S/C25H34F3N5O4S/c1-22(2,3)32-38(36,37)17-7-5-6-16(14-17)30-21(34)19-20(33-12-10-24(8-9-24)11-13-33)31-18(15-29-19)23(4,35)25(26,27)28/h5-7,15-16,32,35H,8-14H2,1-4H3,(H,30,34)/t16?,23-/m0/s1. The number of rotatable bonds is 6. The lowest BCUT2D eigenvalue weighted by Gasteiger charge is -2.34. The summed E-state index contributed by atoms with van der Waals surface area (Å²) >= 11 is 0. The average Bonchev–Trinajstić information content (AvgIpc) is 3.55. The van der Waals surface area contributed by atoms with Crippen LogP contribution in [0.4, 0.5) is 19.0 Å². The first-order valence-electron chi connectivity index (χ1n) is 12.6. The largest absolute Gasteiger partial charge is 0.422 e. The van der Waals surface area contributed by atoms with Crippen molar-refractivity contribution in [2.24, 2.45) is 5.41 Å². The fraction of sp³-hybridized carbons (Fsp3) is 0.640. The van der Waals surface area contributed by atoms with Crippen molar-refractivity contribution in [2.45, 2.75) is 83.2 Å². The molecular formula is C25H34F3N5O4S. The van der Waals surface area contributed by atoms with Gasteiger partial charge in [0.05, 0.1) is 17.1 Å². The van der Waals surface area contributed by atoms with Crippen LogP contribution in [0.2, 0.25) is 0 Å². The van der Waals surface area contributed by atoms with Gasteiger partial charge in [0.1, 0.15) is 5.69 Å². The Morgan fingerprint density at radius 1 is 1.13 bits per heavy atom. The monoisotopic (exact) mass is 557 g/mol. The Kier molecular flexibility index (Phi) is 7.20. The molecule has 1 aromatic heterocycles. The summed E-state index contributed by atoms with van der Waals surface area (Å²) in [7, 11) is -3.80. The number of carbonyl (C=O) groups is 1. The fourth-order valence-corrected chi connectivity index (χ4v) is 6.26. The number of sulfonamides is 1. The SMILES string of the molecule is CC(C)(C)NS(=O)(=O)C1=CC=CC(NC(=O)c2ncc([C@](C)(O)C(F)(F)F)nc2N2CCC3(CC2)CC3)C1. The lowest BCUT2D eigenvalue weighted by molar-refractivity contribution is -0.260. The summed E-state index contributed by atoms with van der Waals surface area (Å²) in [5.74, 6) is -0.730. The molecule has 13 heteroatoms. The van der Waals surface area contributed by atoms with E-state index in [1.165, 1.54) is 12.2 Å². The van der Waals surface area contributed by atoms with Gasteiger partial charge in [0.2, 0.25) is 15.6 Å². The quantitative estimate of drug-likeness (QED) is 0.490. The molecule has 1 aliphatic heterocycles. The molecule has 1 saturated heterocycles. The second kappa shape index (κ2) is 9.60. The van der Waals surface area contributed by atoms with Gasteiger partial charge >= 0.3 is 6.18 Å². The Bertz CT molecular complexity index is 1250. The molecule has 1 unspecified atom stereocenters. The minimum Gasteiger partial charge on any atom is -0.375 e. The maximum Gasteiger partial charge on any atom is 0.422 e. The zero-order valence-electron chi connectivity index (χ0n) is 21.9.